The molecule has 0 radical (unpaired) electrons. The van der Waals surface area contributed by atoms with Gasteiger partial charge in [-0.25, -0.2) is 0 Å². The van der Waals surface area contributed by atoms with Crippen molar-refractivity contribution >= 4 is 51.2 Å². The van der Waals surface area contributed by atoms with Crippen molar-refractivity contribution in [3.63, 3.8) is 0 Å². The summed E-state index contributed by atoms with van der Waals surface area (Å²) in [6.45, 7) is 2.33. The third kappa shape index (κ3) is 3.65. The van der Waals surface area contributed by atoms with Crippen LogP contribution < -0.4 is 20.5 Å². The minimum Gasteiger partial charge on any atom is -0.495 e. The molecule has 0 saturated heterocycles. The molecule has 27 heavy (non-hydrogen) atoms. The zero-order valence-electron chi connectivity index (χ0n) is 14.6. The maximum absolute atomic E-state index is 9.53. The average Bonchev–Trinajstić information content (AvgIpc) is 2.65. The van der Waals surface area contributed by atoms with Gasteiger partial charge in [0.05, 0.1) is 51.9 Å². The van der Waals surface area contributed by atoms with Crippen LogP contribution in [0.5, 0.6) is 11.5 Å². The van der Waals surface area contributed by atoms with Crippen molar-refractivity contribution in [3.05, 3.63) is 46.1 Å². The molecule has 0 fully saturated rings. The molecule has 6 nitrogen and oxygen atoms in total. The van der Waals surface area contributed by atoms with E-state index in [1.54, 1.807) is 24.3 Å². The van der Waals surface area contributed by atoms with Crippen LogP contribution in [-0.2, 0) is 0 Å². The lowest BCUT2D eigenvalue weighted by atomic mass is 10.1. The van der Waals surface area contributed by atoms with Gasteiger partial charge in [0.1, 0.15) is 17.6 Å². The van der Waals surface area contributed by atoms with E-state index >= 15 is 0 Å². The van der Waals surface area contributed by atoms with Gasteiger partial charge in [0.15, 0.2) is 0 Å². The highest BCUT2D eigenvalue weighted by molar-refractivity contribution is 6.37. The molecule has 0 bridgehead atoms. The van der Waals surface area contributed by atoms with Crippen LogP contribution >= 0.6 is 23.2 Å². The predicted octanol–water partition coefficient (Wildman–Crippen LogP) is 5.15. The summed E-state index contributed by atoms with van der Waals surface area (Å²) in [7, 11) is 1.51. The zero-order valence-corrected chi connectivity index (χ0v) is 16.1. The Bertz CT molecular complexity index is 1060. The molecule has 138 valence electrons. The number of hydrogen-bond acceptors (Lipinski definition) is 6. The minimum absolute atomic E-state index is 0.347. The number of rotatable bonds is 5. The van der Waals surface area contributed by atoms with E-state index in [9.17, 15) is 5.26 Å². The third-order valence-electron chi connectivity index (χ3n) is 3.92. The predicted molar refractivity (Wildman–Crippen MR) is 108 cm³/mol. The maximum Gasteiger partial charge on any atom is 0.142 e. The smallest absolute Gasteiger partial charge is 0.142 e. The van der Waals surface area contributed by atoms with Gasteiger partial charge in [-0.2, -0.15) is 5.26 Å². The number of hydrogen-bond donors (Lipinski definition) is 2. The molecule has 0 saturated carbocycles. The Kier molecular flexibility index (Phi) is 5.45. The fraction of sp³-hybridized carbons (Fsp3) is 0.158. The quantitative estimate of drug-likeness (QED) is 0.573. The summed E-state index contributed by atoms with van der Waals surface area (Å²) in [6.07, 6.45) is 1.48. The van der Waals surface area contributed by atoms with Crippen molar-refractivity contribution in [2.24, 2.45) is 0 Å². The van der Waals surface area contributed by atoms with Crippen molar-refractivity contribution in [1.82, 2.24) is 4.98 Å². The minimum atomic E-state index is 0.347. The van der Waals surface area contributed by atoms with Gasteiger partial charge in [-0.3, -0.25) is 4.98 Å². The van der Waals surface area contributed by atoms with Crippen LogP contribution in [0.15, 0.2) is 30.5 Å². The number of nitrogens with one attached hydrogen (secondary N) is 1. The standard InChI is InChI=1S/C19H16Cl2N4O2/c1-3-27-18-4-11-15(6-14(18)23)24-9-10(8-22)19(11)25-16-7-17(26-2)13(21)5-12(16)20/h4-7,9H,3,23H2,1-2H3,(H,24,25). The van der Waals surface area contributed by atoms with Crippen molar-refractivity contribution in [2.75, 3.05) is 24.8 Å². The summed E-state index contributed by atoms with van der Waals surface area (Å²) in [5.41, 5.74) is 8.54. The Morgan fingerprint density at radius 3 is 2.63 bits per heavy atom. The molecule has 1 aromatic heterocycles. The first-order chi connectivity index (χ1) is 13.0. The number of methoxy groups -OCH3 is 1. The van der Waals surface area contributed by atoms with Gasteiger partial charge in [-0.15, -0.1) is 0 Å². The van der Waals surface area contributed by atoms with Gasteiger partial charge in [-0.1, -0.05) is 23.2 Å². The van der Waals surface area contributed by atoms with Gasteiger partial charge < -0.3 is 20.5 Å². The summed E-state index contributed by atoms with van der Waals surface area (Å²) < 4.78 is 10.8. The molecule has 0 amide bonds. The highest BCUT2D eigenvalue weighted by Crippen LogP contribution is 2.39. The highest BCUT2D eigenvalue weighted by Gasteiger charge is 2.15. The van der Waals surface area contributed by atoms with Gasteiger partial charge in [-0.05, 0) is 25.1 Å². The number of aromatic nitrogens is 1. The number of ether oxygens (including phenoxy) is 2. The van der Waals surface area contributed by atoms with Gasteiger partial charge >= 0.3 is 0 Å². The fourth-order valence-corrected chi connectivity index (χ4v) is 3.16. The van der Waals surface area contributed by atoms with Crippen LogP contribution in [0, 0.1) is 11.3 Å². The Labute approximate surface area is 166 Å². The molecule has 1 heterocycles. The van der Waals surface area contributed by atoms with E-state index in [1.807, 2.05) is 6.92 Å². The first kappa shape index (κ1) is 18.9. The van der Waals surface area contributed by atoms with Gasteiger partial charge in [0, 0.05) is 17.6 Å². The SMILES string of the molecule is CCOc1cc2c(Nc3cc(OC)c(Cl)cc3Cl)c(C#N)cnc2cc1N. The zero-order chi connectivity index (χ0) is 19.6. The first-order valence-electron chi connectivity index (χ1n) is 8.03. The molecule has 0 aliphatic carbocycles. The summed E-state index contributed by atoms with van der Waals surface area (Å²) in [5.74, 6) is 0.976. The second-order valence-corrected chi connectivity index (χ2v) is 6.40. The van der Waals surface area contributed by atoms with Crippen LogP contribution in [0.25, 0.3) is 10.9 Å². The molecule has 2 aromatic carbocycles. The van der Waals surface area contributed by atoms with Crippen molar-refractivity contribution < 1.29 is 9.47 Å². The number of benzene rings is 2. The Hall–Kier alpha value is -2.88. The molecule has 3 aromatic rings. The topological polar surface area (TPSA) is 93.2 Å². The van der Waals surface area contributed by atoms with E-state index < -0.39 is 0 Å². The number of nitrogens with zero attached hydrogens (tertiary/aromatic N) is 2. The summed E-state index contributed by atoms with van der Waals surface area (Å²) in [6, 6.07) is 8.83. The van der Waals surface area contributed by atoms with Crippen LogP contribution in [0.2, 0.25) is 10.0 Å². The molecule has 0 unspecified atom stereocenters. The molecule has 0 aliphatic rings. The largest absolute Gasteiger partial charge is 0.495 e. The van der Waals surface area contributed by atoms with Crippen molar-refractivity contribution in [1.29, 1.82) is 5.26 Å². The number of nitrogens with two attached hydrogens (primary N) is 1. The summed E-state index contributed by atoms with van der Waals surface area (Å²) in [5, 5.41) is 14.2. The lowest BCUT2D eigenvalue weighted by Crippen LogP contribution is -2.01. The van der Waals surface area contributed by atoms with Crippen molar-refractivity contribution in [3.8, 4) is 17.6 Å². The van der Waals surface area contributed by atoms with E-state index in [1.165, 1.54) is 13.3 Å². The average molecular weight is 403 g/mol. The Morgan fingerprint density at radius 1 is 1.19 bits per heavy atom. The monoisotopic (exact) mass is 402 g/mol. The second-order valence-electron chi connectivity index (χ2n) is 5.59. The fourth-order valence-electron chi connectivity index (χ4n) is 2.65. The van der Waals surface area contributed by atoms with E-state index in [2.05, 4.69) is 16.4 Å². The molecular weight excluding hydrogens is 387 g/mol. The van der Waals surface area contributed by atoms with Gasteiger partial charge in [0.25, 0.3) is 0 Å². The highest BCUT2D eigenvalue weighted by atomic mass is 35.5. The Morgan fingerprint density at radius 2 is 1.96 bits per heavy atom. The number of anilines is 3. The maximum atomic E-state index is 9.53. The van der Waals surface area contributed by atoms with Gasteiger partial charge in [0.2, 0.25) is 0 Å². The van der Waals surface area contributed by atoms with E-state index in [4.69, 9.17) is 38.4 Å². The summed E-state index contributed by atoms with van der Waals surface area (Å²) >= 11 is 12.4. The first-order valence-corrected chi connectivity index (χ1v) is 8.79. The molecule has 3 rings (SSSR count). The number of fused-ring (bicyclic) bond motifs is 1. The molecule has 0 atom stereocenters. The lowest BCUT2D eigenvalue weighted by Gasteiger charge is -2.16. The van der Waals surface area contributed by atoms with Crippen LogP contribution in [0.4, 0.5) is 17.1 Å². The molecule has 8 heteroatoms. The second kappa shape index (κ2) is 7.78. The molecule has 0 spiro atoms. The number of halogens is 2. The normalized spacial score (nSPS) is 10.5. The van der Waals surface area contributed by atoms with Crippen LogP contribution in [0.1, 0.15) is 12.5 Å². The number of nitrogen functional groups attached to an aromatic ring is 1. The summed E-state index contributed by atoms with van der Waals surface area (Å²) in [4.78, 5) is 4.31. The van der Waals surface area contributed by atoms with Crippen LogP contribution in [-0.4, -0.2) is 18.7 Å². The molecule has 3 N–H and O–H groups in total. The van der Waals surface area contributed by atoms with Crippen LogP contribution in [0.3, 0.4) is 0 Å². The Balaban J connectivity index is 2.21. The number of pyridine rings is 1. The molecular formula is C19H16Cl2N4O2. The van der Waals surface area contributed by atoms with E-state index in [0.29, 0.717) is 61.7 Å². The lowest BCUT2D eigenvalue weighted by molar-refractivity contribution is 0.342. The van der Waals surface area contributed by atoms with Crippen molar-refractivity contribution in [2.45, 2.75) is 6.92 Å². The number of nitriles is 1. The third-order valence-corrected chi connectivity index (χ3v) is 4.53. The van der Waals surface area contributed by atoms with E-state index in [-0.39, 0.29) is 0 Å². The van der Waals surface area contributed by atoms with E-state index in [0.717, 1.165) is 0 Å². The molecule has 0 aliphatic heterocycles.